The minimum Gasteiger partial charge on any atom is -0.502 e. The highest BCUT2D eigenvalue weighted by molar-refractivity contribution is 6.17. The molecule has 0 saturated heterocycles. The summed E-state index contributed by atoms with van der Waals surface area (Å²) in [4.78, 5) is 36.6. The van der Waals surface area contributed by atoms with Gasteiger partial charge in [-0.05, 0) is 20.8 Å². The van der Waals surface area contributed by atoms with Gasteiger partial charge in [0.15, 0.2) is 0 Å². The van der Waals surface area contributed by atoms with Crippen LogP contribution in [-0.2, 0) is 33.3 Å². The maximum Gasteiger partial charge on any atom is 0.335 e. The molecule has 0 unspecified atom stereocenters. The monoisotopic (exact) mass is 302 g/mol. The number of ether oxygens (including phenoxy) is 4. The quantitative estimate of drug-likeness (QED) is 0.197. The highest BCUT2D eigenvalue weighted by Gasteiger charge is 2.57. The van der Waals surface area contributed by atoms with E-state index >= 15 is 0 Å². The average Bonchev–Trinajstić information content (AvgIpc) is 2.44. The van der Waals surface area contributed by atoms with Gasteiger partial charge in [0.25, 0.3) is 5.41 Å². The van der Waals surface area contributed by atoms with E-state index in [1.807, 2.05) is 0 Å². The lowest BCUT2D eigenvalue weighted by atomic mass is 9.84. The fourth-order valence-electron chi connectivity index (χ4n) is 1.61. The van der Waals surface area contributed by atoms with E-state index in [0.29, 0.717) is 0 Å². The van der Waals surface area contributed by atoms with E-state index in [9.17, 15) is 14.4 Å². The molecule has 0 N–H and O–H groups in total. The van der Waals surface area contributed by atoms with E-state index in [1.54, 1.807) is 20.8 Å². The molecule has 0 aliphatic heterocycles. The zero-order valence-electron chi connectivity index (χ0n) is 12.7. The van der Waals surface area contributed by atoms with Crippen molar-refractivity contribution in [3.8, 4) is 0 Å². The van der Waals surface area contributed by atoms with Crippen LogP contribution in [-0.4, -0.2) is 44.3 Å². The molecular formula is C14H22O7. The molecule has 7 nitrogen and oxygen atoms in total. The van der Waals surface area contributed by atoms with Gasteiger partial charge in [0.2, 0.25) is 0 Å². The van der Waals surface area contributed by atoms with Crippen molar-refractivity contribution in [3.05, 3.63) is 12.8 Å². The summed E-state index contributed by atoms with van der Waals surface area (Å²) >= 11 is 0. The number of rotatable bonds is 10. The van der Waals surface area contributed by atoms with Gasteiger partial charge in [-0.2, -0.15) is 0 Å². The molecule has 0 aliphatic rings. The number of hydrogen-bond donors (Lipinski definition) is 0. The van der Waals surface area contributed by atoms with Crippen LogP contribution in [0.15, 0.2) is 12.8 Å². The Morgan fingerprint density at radius 3 is 1.57 bits per heavy atom. The minimum atomic E-state index is -2.18. The lowest BCUT2D eigenvalue weighted by Gasteiger charge is -2.26. The van der Waals surface area contributed by atoms with Crippen LogP contribution in [0.25, 0.3) is 0 Å². The molecule has 0 spiro atoms. The third-order valence-electron chi connectivity index (χ3n) is 2.58. The normalized spacial score (nSPS) is 10.4. The predicted octanol–water partition coefficient (Wildman–Crippen LogP) is 1.21. The van der Waals surface area contributed by atoms with Gasteiger partial charge in [0.1, 0.15) is 0 Å². The lowest BCUT2D eigenvalue weighted by Crippen LogP contribution is -2.50. The van der Waals surface area contributed by atoms with Gasteiger partial charge >= 0.3 is 17.9 Å². The van der Waals surface area contributed by atoms with E-state index in [1.165, 1.54) is 0 Å². The second kappa shape index (κ2) is 9.79. The summed E-state index contributed by atoms with van der Waals surface area (Å²) in [5.74, 6) is -3.02. The molecule has 0 aliphatic carbocycles. The molecule has 0 atom stereocenters. The molecule has 7 heteroatoms. The van der Waals surface area contributed by atoms with Gasteiger partial charge in [0, 0.05) is 6.42 Å². The SMILES string of the molecule is C=COCCC(C(=O)OCC)(C(=O)OCC)C(=O)OCC. The standard InChI is InChI=1S/C14H22O7/c1-5-18-10-9-14(11(15)19-6-2,12(16)20-7-3)13(17)21-8-4/h5H,1,6-10H2,2-4H3. The van der Waals surface area contributed by atoms with Gasteiger partial charge in [-0.1, -0.05) is 6.58 Å². The van der Waals surface area contributed by atoms with Crippen molar-refractivity contribution in [2.75, 3.05) is 26.4 Å². The lowest BCUT2D eigenvalue weighted by molar-refractivity contribution is -0.185. The minimum absolute atomic E-state index is 0.0156. The van der Waals surface area contributed by atoms with E-state index in [2.05, 4.69) is 6.58 Å². The van der Waals surface area contributed by atoms with Crippen molar-refractivity contribution in [1.82, 2.24) is 0 Å². The smallest absolute Gasteiger partial charge is 0.335 e. The van der Waals surface area contributed by atoms with Gasteiger partial charge < -0.3 is 18.9 Å². The highest BCUT2D eigenvalue weighted by Crippen LogP contribution is 2.29. The van der Waals surface area contributed by atoms with Crippen LogP contribution in [0.4, 0.5) is 0 Å². The molecule has 0 fully saturated rings. The summed E-state index contributed by atoms with van der Waals surface area (Å²) in [7, 11) is 0. The average molecular weight is 302 g/mol. The highest BCUT2D eigenvalue weighted by atomic mass is 16.6. The van der Waals surface area contributed by atoms with Crippen LogP contribution < -0.4 is 0 Å². The van der Waals surface area contributed by atoms with Crippen molar-refractivity contribution >= 4 is 17.9 Å². The Labute approximate surface area is 124 Å². The molecule has 0 bridgehead atoms. The van der Waals surface area contributed by atoms with Crippen LogP contribution >= 0.6 is 0 Å². The van der Waals surface area contributed by atoms with Gasteiger partial charge in [0.05, 0.1) is 32.7 Å². The maximum absolute atomic E-state index is 12.2. The van der Waals surface area contributed by atoms with Gasteiger partial charge in [-0.3, -0.25) is 14.4 Å². The number of esters is 3. The Balaban J connectivity index is 5.56. The van der Waals surface area contributed by atoms with E-state index in [0.717, 1.165) is 6.26 Å². The Morgan fingerprint density at radius 1 is 0.905 bits per heavy atom. The second-order valence-electron chi connectivity index (χ2n) is 3.85. The number of hydrogen-bond acceptors (Lipinski definition) is 7. The molecule has 0 saturated carbocycles. The van der Waals surface area contributed by atoms with Gasteiger partial charge in [-0.15, -0.1) is 0 Å². The maximum atomic E-state index is 12.2. The van der Waals surface area contributed by atoms with Crippen molar-refractivity contribution < 1.29 is 33.3 Å². The second-order valence-corrected chi connectivity index (χ2v) is 3.85. The fraction of sp³-hybridized carbons (Fsp3) is 0.643. The van der Waals surface area contributed by atoms with Crippen LogP contribution in [0.5, 0.6) is 0 Å². The van der Waals surface area contributed by atoms with Crippen LogP contribution in [0.2, 0.25) is 0 Å². The summed E-state index contributed by atoms with van der Waals surface area (Å²) < 4.78 is 19.5. The summed E-state index contributed by atoms with van der Waals surface area (Å²) in [6.45, 7) is 8.02. The first kappa shape index (κ1) is 18.9. The molecule has 0 aromatic rings. The topological polar surface area (TPSA) is 88.1 Å². The first-order valence-electron chi connectivity index (χ1n) is 6.75. The molecule has 0 aromatic carbocycles. The number of carbonyl (C=O) groups is 3. The van der Waals surface area contributed by atoms with E-state index in [-0.39, 0.29) is 32.8 Å². The Morgan fingerprint density at radius 2 is 1.29 bits per heavy atom. The first-order chi connectivity index (χ1) is 10.0. The Hall–Kier alpha value is -2.05. The predicted molar refractivity (Wildman–Crippen MR) is 73.1 cm³/mol. The van der Waals surface area contributed by atoms with Gasteiger partial charge in [-0.25, -0.2) is 0 Å². The summed E-state index contributed by atoms with van der Waals surface area (Å²) in [5.41, 5.74) is -2.18. The van der Waals surface area contributed by atoms with Crippen LogP contribution in [0, 0.1) is 5.41 Å². The molecule has 0 aromatic heterocycles. The third kappa shape index (κ3) is 4.77. The van der Waals surface area contributed by atoms with E-state index < -0.39 is 23.3 Å². The largest absolute Gasteiger partial charge is 0.502 e. The summed E-state index contributed by atoms with van der Waals surface area (Å²) in [5, 5.41) is 0. The molecule has 0 amide bonds. The summed E-state index contributed by atoms with van der Waals surface area (Å²) in [6.07, 6.45) is 0.891. The van der Waals surface area contributed by atoms with Crippen molar-refractivity contribution in [2.45, 2.75) is 27.2 Å². The molecule has 0 radical (unpaired) electrons. The molecule has 0 rings (SSSR count). The van der Waals surface area contributed by atoms with Crippen LogP contribution in [0.3, 0.4) is 0 Å². The zero-order valence-corrected chi connectivity index (χ0v) is 12.7. The van der Waals surface area contributed by atoms with Crippen LogP contribution in [0.1, 0.15) is 27.2 Å². The molecular weight excluding hydrogens is 280 g/mol. The zero-order chi connectivity index (χ0) is 16.3. The first-order valence-corrected chi connectivity index (χ1v) is 6.75. The molecule has 120 valence electrons. The van der Waals surface area contributed by atoms with E-state index in [4.69, 9.17) is 18.9 Å². The Bertz CT molecular complexity index is 330. The molecule has 0 heterocycles. The Kier molecular flexibility index (Phi) is 8.84. The third-order valence-corrected chi connectivity index (χ3v) is 2.58. The summed E-state index contributed by atoms with van der Waals surface area (Å²) in [6, 6.07) is 0. The van der Waals surface area contributed by atoms with Crippen molar-refractivity contribution in [3.63, 3.8) is 0 Å². The van der Waals surface area contributed by atoms with Crippen molar-refractivity contribution in [2.24, 2.45) is 5.41 Å². The molecule has 21 heavy (non-hydrogen) atoms. The number of carbonyl (C=O) groups excluding carboxylic acids is 3. The van der Waals surface area contributed by atoms with Crippen molar-refractivity contribution in [1.29, 1.82) is 0 Å². The fourth-order valence-corrected chi connectivity index (χ4v) is 1.61.